The summed E-state index contributed by atoms with van der Waals surface area (Å²) in [7, 11) is 0. The summed E-state index contributed by atoms with van der Waals surface area (Å²) in [6.07, 6.45) is 0. The molecule has 0 heterocycles. The summed E-state index contributed by atoms with van der Waals surface area (Å²) in [6, 6.07) is 5.33. The van der Waals surface area contributed by atoms with E-state index in [9.17, 15) is 4.79 Å². The maximum absolute atomic E-state index is 11.2. The van der Waals surface area contributed by atoms with Gasteiger partial charge in [-0.25, -0.2) is 0 Å². The van der Waals surface area contributed by atoms with Crippen LogP contribution >= 0.6 is 11.8 Å². The molecule has 0 spiro atoms. The number of anilines is 1. The Morgan fingerprint density at radius 3 is 2.86 bits per heavy atom. The Hall–Kier alpha value is -1.00. The Bertz CT molecular complexity index is 339. The molecule has 0 atom stereocenters. The van der Waals surface area contributed by atoms with Gasteiger partial charge in [0.25, 0.3) is 0 Å². The maximum atomic E-state index is 11.2. The first kappa shape index (κ1) is 11.1. The molecule has 1 aromatic carbocycles. The van der Waals surface area contributed by atoms with Gasteiger partial charge < -0.3 is 10.8 Å². The minimum absolute atomic E-state index is 0.0334. The number of benzene rings is 1. The lowest BCUT2D eigenvalue weighted by Crippen LogP contribution is -1.99. The highest BCUT2D eigenvalue weighted by Crippen LogP contribution is 2.22. The van der Waals surface area contributed by atoms with Crippen molar-refractivity contribution in [1.82, 2.24) is 0 Å². The predicted octanol–water partition coefficient (Wildman–Crippen LogP) is 1.56. The van der Waals surface area contributed by atoms with Crippen LogP contribution in [-0.4, -0.2) is 23.2 Å². The fourth-order valence-corrected chi connectivity index (χ4v) is 1.79. The summed E-state index contributed by atoms with van der Waals surface area (Å²) < 4.78 is 0. The first-order valence-corrected chi connectivity index (χ1v) is 5.28. The molecule has 0 aliphatic heterocycles. The second kappa shape index (κ2) is 5.02. The summed E-state index contributed by atoms with van der Waals surface area (Å²) in [5.41, 5.74) is 6.69. The van der Waals surface area contributed by atoms with Crippen molar-refractivity contribution in [2.75, 3.05) is 18.1 Å². The van der Waals surface area contributed by atoms with Crippen molar-refractivity contribution in [3.8, 4) is 0 Å². The van der Waals surface area contributed by atoms with E-state index in [2.05, 4.69) is 0 Å². The standard InChI is InChI=1S/C10H13NO2S/c1-7(13)9-6-8(14-5-4-12)2-3-10(9)11/h2-3,6,12H,4-5,11H2,1H3. The minimum Gasteiger partial charge on any atom is -0.398 e. The van der Waals surface area contributed by atoms with Crippen molar-refractivity contribution < 1.29 is 9.90 Å². The Labute approximate surface area is 87.3 Å². The molecule has 14 heavy (non-hydrogen) atoms. The first-order chi connectivity index (χ1) is 6.65. The third kappa shape index (κ3) is 2.75. The van der Waals surface area contributed by atoms with E-state index in [1.54, 1.807) is 12.1 Å². The molecule has 1 aromatic rings. The zero-order valence-electron chi connectivity index (χ0n) is 7.99. The van der Waals surface area contributed by atoms with Gasteiger partial charge in [0.05, 0.1) is 6.61 Å². The molecular weight excluding hydrogens is 198 g/mol. The third-order valence-corrected chi connectivity index (χ3v) is 2.74. The Kier molecular flexibility index (Phi) is 3.98. The molecule has 0 aliphatic carbocycles. The van der Waals surface area contributed by atoms with Crippen LogP contribution in [0.2, 0.25) is 0 Å². The SMILES string of the molecule is CC(=O)c1cc(SCCO)ccc1N. The van der Waals surface area contributed by atoms with Gasteiger partial charge in [-0.1, -0.05) is 0 Å². The van der Waals surface area contributed by atoms with Crippen LogP contribution in [0.15, 0.2) is 23.1 Å². The van der Waals surface area contributed by atoms with E-state index in [-0.39, 0.29) is 12.4 Å². The van der Waals surface area contributed by atoms with Crippen molar-refractivity contribution in [3.05, 3.63) is 23.8 Å². The molecular formula is C10H13NO2S. The van der Waals surface area contributed by atoms with Gasteiger partial charge in [0.1, 0.15) is 0 Å². The molecule has 0 saturated heterocycles. The zero-order valence-corrected chi connectivity index (χ0v) is 8.80. The summed E-state index contributed by atoms with van der Waals surface area (Å²) in [4.78, 5) is 12.1. The molecule has 3 nitrogen and oxygen atoms in total. The van der Waals surface area contributed by atoms with Gasteiger partial charge >= 0.3 is 0 Å². The Balaban J connectivity index is 2.89. The molecule has 0 amide bonds. The number of Topliss-reactive ketones (excluding diaryl/α,β-unsaturated/α-hetero) is 1. The van der Waals surface area contributed by atoms with E-state index < -0.39 is 0 Å². The average Bonchev–Trinajstić information content (AvgIpc) is 2.16. The molecule has 0 saturated carbocycles. The Morgan fingerprint density at radius 1 is 1.57 bits per heavy atom. The molecule has 76 valence electrons. The molecule has 0 aliphatic rings. The van der Waals surface area contributed by atoms with Crippen molar-refractivity contribution in [1.29, 1.82) is 0 Å². The molecule has 0 bridgehead atoms. The molecule has 0 unspecified atom stereocenters. The number of ketones is 1. The van der Waals surface area contributed by atoms with Crippen LogP contribution in [0.5, 0.6) is 0 Å². The largest absolute Gasteiger partial charge is 0.398 e. The maximum Gasteiger partial charge on any atom is 0.161 e. The van der Waals surface area contributed by atoms with Gasteiger partial charge in [0, 0.05) is 21.9 Å². The summed E-state index contributed by atoms with van der Waals surface area (Å²) in [6.45, 7) is 1.62. The fourth-order valence-electron chi connectivity index (χ4n) is 1.09. The number of carbonyl (C=O) groups excluding carboxylic acids is 1. The number of rotatable bonds is 4. The van der Waals surface area contributed by atoms with Gasteiger partial charge in [0.2, 0.25) is 0 Å². The van der Waals surface area contributed by atoms with Crippen molar-refractivity contribution in [2.24, 2.45) is 0 Å². The van der Waals surface area contributed by atoms with Crippen molar-refractivity contribution in [3.63, 3.8) is 0 Å². The van der Waals surface area contributed by atoms with Crippen LogP contribution in [0.4, 0.5) is 5.69 Å². The number of nitrogen functional groups attached to an aromatic ring is 1. The van der Waals surface area contributed by atoms with Crippen LogP contribution in [0.1, 0.15) is 17.3 Å². The zero-order chi connectivity index (χ0) is 10.6. The second-order valence-electron chi connectivity index (χ2n) is 2.88. The van der Waals surface area contributed by atoms with E-state index in [1.807, 2.05) is 6.07 Å². The summed E-state index contributed by atoms with van der Waals surface area (Å²) in [5, 5.41) is 8.65. The number of hydrogen-bond acceptors (Lipinski definition) is 4. The summed E-state index contributed by atoms with van der Waals surface area (Å²) in [5.74, 6) is 0.593. The van der Waals surface area contributed by atoms with E-state index in [4.69, 9.17) is 10.8 Å². The second-order valence-corrected chi connectivity index (χ2v) is 4.05. The van der Waals surface area contributed by atoms with E-state index in [1.165, 1.54) is 18.7 Å². The van der Waals surface area contributed by atoms with E-state index >= 15 is 0 Å². The normalized spacial score (nSPS) is 10.1. The molecule has 0 aromatic heterocycles. The predicted molar refractivity (Wildman–Crippen MR) is 58.7 cm³/mol. The Morgan fingerprint density at radius 2 is 2.29 bits per heavy atom. The lowest BCUT2D eigenvalue weighted by atomic mass is 10.1. The number of aliphatic hydroxyl groups excluding tert-OH is 1. The highest BCUT2D eigenvalue weighted by Gasteiger charge is 2.05. The summed E-state index contributed by atoms with van der Waals surface area (Å²) >= 11 is 1.50. The lowest BCUT2D eigenvalue weighted by molar-refractivity contribution is 0.101. The topological polar surface area (TPSA) is 63.3 Å². The van der Waals surface area contributed by atoms with Gasteiger partial charge in [-0.3, -0.25) is 4.79 Å². The molecule has 4 heteroatoms. The van der Waals surface area contributed by atoms with Gasteiger partial charge in [-0.05, 0) is 25.1 Å². The van der Waals surface area contributed by atoms with Crippen molar-refractivity contribution in [2.45, 2.75) is 11.8 Å². The van der Waals surface area contributed by atoms with Gasteiger partial charge in [0.15, 0.2) is 5.78 Å². The van der Waals surface area contributed by atoms with Crippen LogP contribution < -0.4 is 5.73 Å². The fraction of sp³-hybridized carbons (Fsp3) is 0.300. The number of hydrogen-bond donors (Lipinski definition) is 2. The minimum atomic E-state index is -0.0334. The first-order valence-electron chi connectivity index (χ1n) is 4.29. The van der Waals surface area contributed by atoms with Crippen LogP contribution in [0, 0.1) is 0 Å². The number of nitrogens with two attached hydrogens (primary N) is 1. The molecule has 3 N–H and O–H groups in total. The number of carbonyl (C=O) groups is 1. The van der Waals surface area contributed by atoms with E-state index in [0.717, 1.165) is 4.90 Å². The molecule has 0 radical (unpaired) electrons. The van der Waals surface area contributed by atoms with E-state index in [0.29, 0.717) is 17.0 Å². The number of aliphatic hydroxyl groups is 1. The molecule has 0 fully saturated rings. The van der Waals surface area contributed by atoms with Crippen molar-refractivity contribution >= 4 is 23.2 Å². The lowest BCUT2D eigenvalue weighted by Gasteiger charge is -2.04. The highest BCUT2D eigenvalue weighted by atomic mass is 32.2. The number of thioether (sulfide) groups is 1. The van der Waals surface area contributed by atoms with Gasteiger partial charge in [-0.2, -0.15) is 0 Å². The van der Waals surface area contributed by atoms with Crippen LogP contribution in [-0.2, 0) is 0 Å². The van der Waals surface area contributed by atoms with Crippen LogP contribution in [0.3, 0.4) is 0 Å². The monoisotopic (exact) mass is 211 g/mol. The van der Waals surface area contributed by atoms with Gasteiger partial charge in [-0.15, -0.1) is 11.8 Å². The van der Waals surface area contributed by atoms with Crippen LogP contribution in [0.25, 0.3) is 0 Å². The quantitative estimate of drug-likeness (QED) is 0.450. The smallest absolute Gasteiger partial charge is 0.161 e. The molecule has 1 rings (SSSR count). The third-order valence-electron chi connectivity index (χ3n) is 1.76. The average molecular weight is 211 g/mol. The highest BCUT2D eigenvalue weighted by molar-refractivity contribution is 7.99.